The number of halogens is 1. The van der Waals surface area contributed by atoms with Crippen molar-refractivity contribution in [1.29, 1.82) is 0 Å². The highest BCUT2D eigenvalue weighted by Crippen LogP contribution is 2.37. The van der Waals surface area contributed by atoms with Crippen LogP contribution in [0.25, 0.3) is 0 Å². The lowest BCUT2D eigenvalue weighted by molar-refractivity contribution is 0.338. The minimum absolute atomic E-state index is 0.197. The van der Waals surface area contributed by atoms with Crippen molar-refractivity contribution in [3.63, 3.8) is 0 Å². The van der Waals surface area contributed by atoms with Crippen molar-refractivity contribution < 1.29 is 5.11 Å². The molecule has 126 valence electrons. The van der Waals surface area contributed by atoms with E-state index in [0.717, 1.165) is 19.5 Å². The molecule has 2 aromatic carbocycles. The molecule has 1 aliphatic heterocycles. The highest BCUT2D eigenvalue weighted by atomic mass is 35.5. The van der Waals surface area contributed by atoms with Gasteiger partial charge >= 0.3 is 0 Å². The summed E-state index contributed by atoms with van der Waals surface area (Å²) in [6, 6.07) is 10.9. The van der Waals surface area contributed by atoms with E-state index in [-0.39, 0.29) is 5.75 Å². The van der Waals surface area contributed by atoms with Gasteiger partial charge in [0.05, 0.1) is 5.02 Å². The van der Waals surface area contributed by atoms with Gasteiger partial charge in [-0.05, 0) is 79.1 Å². The molecular weight excluding hydrogens is 318 g/mol. The molecule has 1 N–H and O–H groups in total. The Bertz CT molecular complexity index is 771. The van der Waals surface area contributed by atoms with Crippen molar-refractivity contribution >= 4 is 11.6 Å². The van der Waals surface area contributed by atoms with Crippen molar-refractivity contribution in [3.05, 3.63) is 63.2 Å². The number of hydrogen-bond acceptors (Lipinski definition) is 2. The minimum Gasteiger partial charge on any atom is -0.506 e. The molecule has 24 heavy (non-hydrogen) atoms. The third kappa shape index (κ3) is 2.94. The summed E-state index contributed by atoms with van der Waals surface area (Å²) in [6.07, 6.45) is 6.01. The smallest absolute Gasteiger partial charge is 0.134 e. The summed E-state index contributed by atoms with van der Waals surface area (Å²) < 4.78 is 0. The van der Waals surface area contributed by atoms with Gasteiger partial charge in [-0.25, -0.2) is 0 Å². The van der Waals surface area contributed by atoms with Gasteiger partial charge in [-0.1, -0.05) is 29.8 Å². The van der Waals surface area contributed by atoms with Crippen LogP contribution in [0.4, 0.5) is 0 Å². The fraction of sp³-hybridized carbons (Fsp3) is 0.429. The Labute approximate surface area is 149 Å². The normalized spacial score (nSPS) is 21.0. The van der Waals surface area contributed by atoms with Crippen LogP contribution in [-0.2, 0) is 19.3 Å². The minimum atomic E-state index is 0.197. The molecular formula is C21H24ClNO. The number of benzene rings is 2. The molecule has 0 fully saturated rings. The second-order valence-electron chi connectivity index (χ2n) is 7.30. The molecule has 0 amide bonds. The average molecular weight is 342 g/mol. The van der Waals surface area contributed by atoms with Crippen molar-refractivity contribution in [2.45, 2.75) is 38.0 Å². The third-order valence-electron chi connectivity index (χ3n) is 5.62. The van der Waals surface area contributed by atoms with Crippen LogP contribution in [0.1, 0.15) is 46.6 Å². The van der Waals surface area contributed by atoms with Gasteiger partial charge < -0.3 is 10.0 Å². The average Bonchev–Trinajstić information content (AvgIpc) is 2.75. The van der Waals surface area contributed by atoms with E-state index in [1.54, 1.807) is 0 Å². The molecule has 0 saturated heterocycles. The maximum atomic E-state index is 10.1. The summed E-state index contributed by atoms with van der Waals surface area (Å²) in [5.74, 6) is 0.492. The first kappa shape index (κ1) is 16.0. The maximum Gasteiger partial charge on any atom is 0.134 e. The molecule has 0 saturated carbocycles. The molecule has 3 heteroatoms. The number of rotatable bonds is 1. The first-order valence-corrected chi connectivity index (χ1v) is 9.31. The van der Waals surface area contributed by atoms with Crippen molar-refractivity contribution in [2.24, 2.45) is 0 Å². The van der Waals surface area contributed by atoms with Crippen molar-refractivity contribution in [3.8, 4) is 5.75 Å². The van der Waals surface area contributed by atoms with Gasteiger partial charge in [0.1, 0.15) is 5.75 Å². The van der Waals surface area contributed by atoms with Gasteiger partial charge in [0.15, 0.2) is 0 Å². The van der Waals surface area contributed by atoms with Crippen molar-refractivity contribution in [2.75, 3.05) is 20.1 Å². The van der Waals surface area contributed by atoms with E-state index in [1.807, 2.05) is 12.1 Å². The fourth-order valence-electron chi connectivity index (χ4n) is 4.23. The van der Waals surface area contributed by atoms with Gasteiger partial charge in [0, 0.05) is 19.0 Å². The zero-order chi connectivity index (χ0) is 16.7. The van der Waals surface area contributed by atoms with E-state index in [9.17, 15) is 5.11 Å². The molecule has 2 nitrogen and oxygen atoms in total. The second kappa shape index (κ2) is 6.42. The SMILES string of the molecule is CN1CCc2cc(Cl)c(O)cc2C(c2ccc3c(c2)CCCC3)C1. The Balaban J connectivity index is 1.80. The number of nitrogens with zero attached hydrogens (tertiary/aromatic N) is 1. The van der Waals surface area contributed by atoms with Gasteiger partial charge in [-0.3, -0.25) is 0 Å². The Morgan fingerprint density at radius 3 is 2.62 bits per heavy atom. The molecule has 4 rings (SSSR count). The standard InChI is InChI=1S/C21H24ClNO/c1-23-9-8-17-11-20(22)21(24)12-18(17)19(13-23)16-7-6-14-4-2-3-5-15(14)10-16/h6-7,10-12,19,24H,2-5,8-9,13H2,1H3. The second-order valence-corrected chi connectivity index (χ2v) is 7.71. The van der Waals surface area contributed by atoms with Crippen LogP contribution in [0.5, 0.6) is 5.75 Å². The van der Waals surface area contributed by atoms with Gasteiger partial charge in [-0.2, -0.15) is 0 Å². The number of phenolic OH excluding ortho intramolecular Hbond substituents is 1. The molecule has 2 aliphatic rings. The predicted molar refractivity (Wildman–Crippen MR) is 99.2 cm³/mol. The summed E-state index contributed by atoms with van der Waals surface area (Å²) in [4.78, 5) is 2.38. The zero-order valence-corrected chi connectivity index (χ0v) is 14.9. The Kier molecular flexibility index (Phi) is 4.28. The number of aromatic hydroxyl groups is 1. The highest BCUT2D eigenvalue weighted by molar-refractivity contribution is 6.32. The molecule has 1 unspecified atom stereocenters. The monoisotopic (exact) mass is 341 g/mol. The molecule has 1 atom stereocenters. The lowest BCUT2D eigenvalue weighted by atomic mass is 9.83. The van der Waals surface area contributed by atoms with Crippen LogP contribution in [0, 0.1) is 0 Å². The molecule has 2 aromatic rings. The highest BCUT2D eigenvalue weighted by Gasteiger charge is 2.25. The molecule has 0 bridgehead atoms. The van der Waals surface area contributed by atoms with Crippen LogP contribution in [0.2, 0.25) is 5.02 Å². The third-order valence-corrected chi connectivity index (χ3v) is 5.92. The Morgan fingerprint density at radius 2 is 1.79 bits per heavy atom. The lowest BCUT2D eigenvalue weighted by Crippen LogP contribution is -2.24. The summed E-state index contributed by atoms with van der Waals surface area (Å²) in [7, 11) is 2.18. The summed E-state index contributed by atoms with van der Waals surface area (Å²) in [6.45, 7) is 2.00. The van der Waals surface area contributed by atoms with Gasteiger partial charge in [0.25, 0.3) is 0 Å². The van der Waals surface area contributed by atoms with Crippen LogP contribution in [0.3, 0.4) is 0 Å². The van der Waals surface area contributed by atoms with E-state index in [2.05, 4.69) is 30.1 Å². The van der Waals surface area contributed by atoms with E-state index < -0.39 is 0 Å². The van der Waals surface area contributed by atoms with E-state index in [4.69, 9.17) is 11.6 Å². The molecule has 1 aliphatic carbocycles. The largest absolute Gasteiger partial charge is 0.506 e. The summed E-state index contributed by atoms with van der Waals surface area (Å²) >= 11 is 6.16. The Hall–Kier alpha value is -1.51. The Morgan fingerprint density at radius 1 is 1.00 bits per heavy atom. The van der Waals surface area contributed by atoms with E-state index in [0.29, 0.717) is 10.9 Å². The molecule has 0 aromatic heterocycles. The first-order valence-electron chi connectivity index (χ1n) is 8.93. The fourth-order valence-corrected chi connectivity index (χ4v) is 4.41. The zero-order valence-electron chi connectivity index (χ0n) is 14.2. The van der Waals surface area contributed by atoms with Gasteiger partial charge in [-0.15, -0.1) is 0 Å². The predicted octanol–water partition coefficient (Wildman–Crippen LogP) is 4.54. The van der Waals surface area contributed by atoms with Crippen molar-refractivity contribution in [1.82, 2.24) is 4.90 Å². The van der Waals surface area contributed by atoms with E-state index in [1.165, 1.54) is 53.5 Å². The summed E-state index contributed by atoms with van der Waals surface area (Å²) in [5.41, 5.74) is 6.91. The van der Waals surface area contributed by atoms with Crippen LogP contribution in [0.15, 0.2) is 30.3 Å². The number of fused-ring (bicyclic) bond motifs is 2. The van der Waals surface area contributed by atoms with E-state index >= 15 is 0 Å². The number of likely N-dealkylation sites (N-methyl/N-ethyl adjacent to an activating group) is 1. The van der Waals surface area contributed by atoms with Gasteiger partial charge in [0.2, 0.25) is 0 Å². The molecule has 0 spiro atoms. The maximum absolute atomic E-state index is 10.1. The topological polar surface area (TPSA) is 23.5 Å². The number of hydrogen-bond donors (Lipinski definition) is 1. The molecule has 0 radical (unpaired) electrons. The molecule has 1 heterocycles. The van der Waals surface area contributed by atoms with Crippen LogP contribution >= 0.6 is 11.6 Å². The first-order chi connectivity index (χ1) is 11.6. The summed E-state index contributed by atoms with van der Waals surface area (Å²) in [5, 5.41) is 10.6. The number of phenols is 1. The van der Waals surface area contributed by atoms with Crippen LogP contribution in [-0.4, -0.2) is 30.1 Å². The quantitative estimate of drug-likeness (QED) is 0.822. The van der Waals surface area contributed by atoms with Crippen LogP contribution < -0.4 is 0 Å². The number of aryl methyl sites for hydroxylation is 2. The lowest BCUT2D eigenvalue weighted by Gasteiger charge is -2.24.